The Kier molecular flexibility index (Phi) is 6.66. The van der Waals surface area contributed by atoms with E-state index in [0.717, 1.165) is 17.4 Å². The molecule has 1 atom stereocenters. The zero-order valence-corrected chi connectivity index (χ0v) is 18.8. The molecule has 0 saturated heterocycles. The third kappa shape index (κ3) is 4.88. The van der Waals surface area contributed by atoms with Gasteiger partial charge in [0.05, 0.1) is 28.9 Å². The standard InChI is InChI=1S/C22H26N2O6S/c1-15-14-23(22(26)30-12-11-29-3)21-13-18(7-10-20(21)24(15)16(2)25)17-5-8-19(9-6-17)31(4,27)28/h5-10,13,15H,11-12,14H2,1-4H3/t15-/m0/s1. The average molecular weight is 447 g/mol. The van der Waals surface area contributed by atoms with Gasteiger partial charge in [-0.15, -0.1) is 0 Å². The third-order valence-corrected chi connectivity index (χ3v) is 6.23. The molecule has 0 fully saturated rings. The van der Waals surface area contributed by atoms with E-state index in [1.165, 1.54) is 18.9 Å². The lowest BCUT2D eigenvalue weighted by molar-refractivity contribution is -0.117. The van der Waals surface area contributed by atoms with Crippen LogP contribution in [0.1, 0.15) is 13.8 Å². The Labute approximate surface area is 182 Å². The second-order valence-corrected chi connectivity index (χ2v) is 9.47. The smallest absolute Gasteiger partial charge is 0.414 e. The Morgan fingerprint density at radius 1 is 1.03 bits per heavy atom. The normalized spacial score (nSPS) is 16.1. The van der Waals surface area contributed by atoms with Gasteiger partial charge < -0.3 is 14.4 Å². The highest BCUT2D eigenvalue weighted by Crippen LogP contribution is 2.39. The molecule has 2 aromatic carbocycles. The zero-order chi connectivity index (χ0) is 22.8. The molecule has 1 heterocycles. The summed E-state index contributed by atoms with van der Waals surface area (Å²) >= 11 is 0. The summed E-state index contributed by atoms with van der Waals surface area (Å²) in [4.78, 5) is 28.4. The topological polar surface area (TPSA) is 93.2 Å². The number of carbonyl (C=O) groups is 2. The number of anilines is 2. The quantitative estimate of drug-likeness (QED) is 0.655. The number of nitrogens with zero attached hydrogens (tertiary/aromatic N) is 2. The van der Waals surface area contributed by atoms with E-state index in [9.17, 15) is 18.0 Å². The van der Waals surface area contributed by atoms with E-state index < -0.39 is 15.9 Å². The molecule has 8 nitrogen and oxygen atoms in total. The first-order valence-corrected chi connectivity index (χ1v) is 11.7. The largest absolute Gasteiger partial charge is 0.447 e. The van der Waals surface area contributed by atoms with Crippen LogP contribution in [-0.2, 0) is 24.1 Å². The van der Waals surface area contributed by atoms with Crippen LogP contribution in [0.2, 0.25) is 0 Å². The number of benzene rings is 2. The molecular weight excluding hydrogens is 420 g/mol. The van der Waals surface area contributed by atoms with Crippen molar-refractivity contribution in [3.8, 4) is 11.1 Å². The Balaban J connectivity index is 2.02. The van der Waals surface area contributed by atoms with Crippen LogP contribution >= 0.6 is 0 Å². The summed E-state index contributed by atoms with van der Waals surface area (Å²) in [5.41, 5.74) is 2.74. The summed E-state index contributed by atoms with van der Waals surface area (Å²) in [6.07, 6.45) is 0.642. The lowest BCUT2D eigenvalue weighted by Crippen LogP contribution is -2.51. The fraction of sp³-hybridized carbons (Fsp3) is 0.364. The molecule has 0 radical (unpaired) electrons. The van der Waals surface area contributed by atoms with Crippen molar-refractivity contribution in [2.24, 2.45) is 0 Å². The molecule has 1 aliphatic heterocycles. The van der Waals surface area contributed by atoms with Crippen LogP contribution in [0.25, 0.3) is 11.1 Å². The molecule has 0 unspecified atom stereocenters. The number of hydrogen-bond donors (Lipinski definition) is 0. The number of hydrogen-bond acceptors (Lipinski definition) is 6. The molecule has 0 aliphatic carbocycles. The Hall–Kier alpha value is -2.91. The first-order chi connectivity index (χ1) is 14.6. The second-order valence-electron chi connectivity index (χ2n) is 7.46. The number of rotatable bonds is 5. The predicted molar refractivity (Wildman–Crippen MR) is 118 cm³/mol. The van der Waals surface area contributed by atoms with Crippen LogP contribution in [0.4, 0.5) is 16.2 Å². The zero-order valence-electron chi connectivity index (χ0n) is 18.0. The lowest BCUT2D eigenvalue weighted by atomic mass is 10.0. The van der Waals surface area contributed by atoms with E-state index in [4.69, 9.17) is 9.47 Å². The van der Waals surface area contributed by atoms with Crippen molar-refractivity contribution in [3.05, 3.63) is 42.5 Å². The molecule has 2 aromatic rings. The Morgan fingerprint density at radius 3 is 2.26 bits per heavy atom. The summed E-state index contributed by atoms with van der Waals surface area (Å²) in [7, 11) is -1.77. The van der Waals surface area contributed by atoms with Gasteiger partial charge in [0.1, 0.15) is 6.61 Å². The molecule has 31 heavy (non-hydrogen) atoms. The van der Waals surface area contributed by atoms with Gasteiger partial charge in [0.15, 0.2) is 9.84 Å². The van der Waals surface area contributed by atoms with Crippen LogP contribution in [0, 0.1) is 0 Å². The van der Waals surface area contributed by atoms with Gasteiger partial charge in [-0.1, -0.05) is 18.2 Å². The first kappa shape index (κ1) is 22.8. The number of fused-ring (bicyclic) bond motifs is 1. The summed E-state index contributed by atoms with van der Waals surface area (Å²) in [6, 6.07) is 11.7. The molecule has 9 heteroatoms. The number of amides is 2. The molecule has 0 spiro atoms. The van der Waals surface area contributed by atoms with Gasteiger partial charge in [0.25, 0.3) is 0 Å². The maximum atomic E-state index is 12.7. The highest BCUT2D eigenvalue weighted by atomic mass is 32.2. The molecule has 0 saturated carbocycles. The Morgan fingerprint density at radius 2 is 1.68 bits per heavy atom. The molecule has 1 aliphatic rings. The predicted octanol–water partition coefficient (Wildman–Crippen LogP) is 3.10. The van der Waals surface area contributed by atoms with Gasteiger partial charge in [-0.25, -0.2) is 13.2 Å². The van der Waals surface area contributed by atoms with Crippen LogP contribution in [0.15, 0.2) is 47.4 Å². The molecule has 3 rings (SSSR count). The van der Waals surface area contributed by atoms with E-state index in [1.54, 1.807) is 35.2 Å². The number of methoxy groups -OCH3 is 1. The first-order valence-electron chi connectivity index (χ1n) is 9.81. The van der Waals surface area contributed by atoms with Crippen LogP contribution in [0.3, 0.4) is 0 Å². The fourth-order valence-corrected chi connectivity index (χ4v) is 4.27. The maximum absolute atomic E-state index is 12.7. The van der Waals surface area contributed by atoms with Crippen molar-refractivity contribution in [2.45, 2.75) is 24.8 Å². The molecule has 0 aromatic heterocycles. The van der Waals surface area contributed by atoms with Crippen LogP contribution in [-0.4, -0.2) is 59.6 Å². The maximum Gasteiger partial charge on any atom is 0.414 e. The monoisotopic (exact) mass is 446 g/mol. The van der Waals surface area contributed by atoms with Gasteiger partial charge >= 0.3 is 6.09 Å². The summed E-state index contributed by atoms with van der Waals surface area (Å²) in [5, 5.41) is 0. The molecule has 2 amide bonds. The molecular formula is C22H26N2O6S. The highest BCUT2D eigenvalue weighted by molar-refractivity contribution is 7.90. The number of carbonyl (C=O) groups excluding carboxylic acids is 2. The van der Waals surface area contributed by atoms with Crippen molar-refractivity contribution >= 4 is 33.2 Å². The van der Waals surface area contributed by atoms with Crippen LogP contribution < -0.4 is 9.80 Å². The molecule has 166 valence electrons. The van der Waals surface area contributed by atoms with E-state index >= 15 is 0 Å². The van der Waals surface area contributed by atoms with Crippen molar-refractivity contribution < 1.29 is 27.5 Å². The summed E-state index contributed by atoms with van der Waals surface area (Å²) in [6.45, 7) is 4.06. The van der Waals surface area contributed by atoms with Gasteiger partial charge in [-0.3, -0.25) is 9.69 Å². The number of ether oxygens (including phenoxy) is 2. The van der Waals surface area contributed by atoms with Crippen LogP contribution in [0.5, 0.6) is 0 Å². The fourth-order valence-electron chi connectivity index (χ4n) is 3.64. The van der Waals surface area contributed by atoms with E-state index in [1.807, 2.05) is 19.1 Å². The van der Waals surface area contributed by atoms with E-state index in [-0.39, 0.29) is 36.6 Å². The van der Waals surface area contributed by atoms with Gasteiger partial charge in [0.2, 0.25) is 5.91 Å². The average Bonchev–Trinajstić information content (AvgIpc) is 2.72. The highest BCUT2D eigenvalue weighted by Gasteiger charge is 2.34. The van der Waals surface area contributed by atoms with Gasteiger partial charge in [-0.2, -0.15) is 0 Å². The van der Waals surface area contributed by atoms with Crippen molar-refractivity contribution in [3.63, 3.8) is 0 Å². The minimum Gasteiger partial charge on any atom is -0.447 e. The minimum atomic E-state index is -3.29. The second kappa shape index (κ2) is 9.07. The summed E-state index contributed by atoms with van der Waals surface area (Å²) in [5.74, 6) is -0.119. The molecule has 0 N–H and O–H groups in total. The van der Waals surface area contributed by atoms with Crippen molar-refractivity contribution in [1.29, 1.82) is 0 Å². The van der Waals surface area contributed by atoms with Crippen molar-refractivity contribution in [1.82, 2.24) is 0 Å². The molecule has 0 bridgehead atoms. The van der Waals surface area contributed by atoms with E-state index in [2.05, 4.69) is 0 Å². The third-order valence-electron chi connectivity index (χ3n) is 5.10. The SMILES string of the molecule is COCCOC(=O)N1C[C@H](C)N(C(C)=O)c2ccc(-c3ccc(S(C)(=O)=O)cc3)cc21. The van der Waals surface area contributed by atoms with Crippen molar-refractivity contribution in [2.75, 3.05) is 42.9 Å². The summed E-state index contributed by atoms with van der Waals surface area (Å²) < 4.78 is 33.7. The van der Waals surface area contributed by atoms with Gasteiger partial charge in [0, 0.05) is 26.8 Å². The number of sulfone groups is 1. The minimum absolute atomic E-state index is 0.119. The van der Waals surface area contributed by atoms with Gasteiger partial charge in [-0.05, 0) is 42.3 Å². The lowest BCUT2D eigenvalue weighted by Gasteiger charge is -2.40. The van der Waals surface area contributed by atoms with E-state index in [0.29, 0.717) is 11.4 Å². The Bertz CT molecular complexity index is 1080.